The molecule has 3 aromatic carbocycles. The van der Waals surface area contributed by atoms with Crippen molar-refractivity contribution in [3.8, 4) is 44.5 Å². The Hall–Kier alpha value is -4.25. The molecule has 0 saturated heterocycles. The molecule has 10 heteroatoms. The first kappa shape index (κ1) is 20.9. The monoisotopic (exact) mass is 535 g/mol. The fourth-order valence-corrected chi connectivity index (χ4v) is 6.97. The van der Waals surface area contributed by atoms with Gasteiger partial charge in [0.2, 0.25) is 0 Å². The Kier molecular flexibility index (Phi) is 4.59. The highest BCUT2D eigenvalue weighted by Gasteiger charge is 2.28. The molecule has 7 nitrogen and oxygen atoms in total. The number of rotatable bonds is 4. The Morgan fingerprint density at radius 1 is 0.757 bits per heavy atom. The molecule has 5 heterocycles. The highest BCUT2D eigenvalue weighted by Crippen LogP contribution is 2.49. The summed E-state index contributed by atoms with van der Waals surface area (Å²) in [5, 5.41) is 13.3. The van der Waals surface area contributed by atoms with Crippen LogP contribution in [0.25, 0.3) is 75.7 Å². The molecule has 8 aromatic rings. The maximum atomic E-state index is 5.94. The van der Waals surface area contributed by atoms with Gasteiger partial charge in [-0.3, -0.25) is 0 Å². The van der Waals surface area contributed by atoms with Crippen LogP contribution in [0, 0.1) is 0 Å². The molecule has 0 aliphatic carbocycles. The molecule has 0 radical (unpaired) electrons. The molecular formula is C27H13N5O2S3. The van der Waals surface area contributed by atoms with Gasteiger partial charge in [-0.15, -0.1) is 11.3 Å². The van der Waals surface area contributed by atoms with Crippen molar-refractivity contribution in [2.75, 3.05) is 0 Å². The first-order valence-electron chi connectivity index (χ1n) is 11.3. The van der Waals surface area contributed by atoms with E-state index in [2.05, 4.69) is 28.5 Å². The molecule has 0 amide bonds. The van der Waals surface area contributed by atoms with Crippen molar-refractivity contribution >= 4 is 65.7 Å². The van der Waals surface area contributed by atoms with Crippen molar-refractivity contribution in [1.29, 1.82) is 0 Å². The summed E-state index contributed by atoms with van der Waals surface area (Å²) in [5.41, 5.74) is 7.23. The normalized spacial score (nSPS) is 11.8. The van der Waals surface area contributed by atoms with Gasteiger partial charge >= 0.3 is 0 Å². The molecule has 176 valence electrons. The zero-order chi connectivity index (χ0) is 24.3. The van der Waals surface area contributed by atoms with Crippen LogP contribution in [0.4, 0.5) is 0 Å². The lowest BCUT2D eigenvalue weighted by atomic mass is 9.90. The minimum atomic E-state index is 0.594. The molecule has 37 heavy (non-hydrogen) atoms. The Bertz CT molecular complexity index is 2020. The molecule has 0 aliphatic heterocycles. The number of para-hydroxylation sites is 1. The van der Waals surface area contributed by atoms with Crippen LogP contribution in [0.1, 0.15) is 0 Å². The van der Waals surface area contributed by atoms with Crippen molar-refractivity contribution < 1.29 is 9.05 Å². The smallest absolute Gasteiger partial charge is 0.169 e. The van der Waals surface area contributed by atoms with Gasteiger partial charge in [0.15, 0.2) is 5.58 Å². The molecule has 0 fully saturated rings. The van der Waals surface area contributed by atoms with Gasteiger partial charge in [-0.05, 0) is 53.4 Å². The van der Waals surface area contributed by atoms with Crippen LogP contribution in [0.5, 0.6) is 0 Å². The summed E-state index contributed by atoms with van der Waals surface area (Å²) in [6.45, 7) is 0. The number of aromatic nitrogens is 5. The Labute approximate surface area is 220 Å². The van der Waals surface area contributed by atoms with Gasteiger partial charge < -0.3 is 9.05 Å². The second-order valence-electron chi connectivity index (χ2n) is 8.36. The standard InChI is InChI=1S/C27H13N5O2S3/c1-3-7-20-14(5-1)25(32-37-20)24-22(17-10-12-35-31-17)15(27-28-16-6-2-4-8-21(16)36-27)13-19-23(24)26(30-34-19)18-9-11-33-29-18/h1-13H. The second kappa shape index (κ2) is 8.13. The minimum absolute atomic E-state index is 0.594. The fraction of sp³-hybridized carbons (Fsp3) is 0. The van der Waals surface area contributed by atoms with Gasteiger partial charge in [-0.25, -0.2) is 4.98 Å². The van der Waals surface area contributed by atoms with Crippen LogP contribution in [-0.2, 0) is 0 Å². The summed E-state index contributed by atoms with van der Waals surface area (Å²) >= 11 is 4.52. The van der Waals surface area contributed by atoms with Crippen LogP contribution in [0.2, 0.25) is 0 Å². The third-order valence-corrected chi connectivity index (χ3v) is 8.73. The summed E-state index contributed by atoms with van der Waals surface area (Å²) < 4.78 is 23.0. The number of hydrogen-bond donors (Lipinski definition) is 0. The summed E-state index contributed by atoms with van der Waals surface area (Å²) in [7, 11) is 0. The average Bonchev–Trinajstić information content (AvgIpc) is 3.77. The van der Waals surface area contributed by atoms with E-state index in [-0.39, 0.29) is 0 Å². The zero-order valence-electron chi connectivity index (χ0n) is 18.8. The highest BCUT2D eigenvalue weighted by molar-refractivity contribution is 7.21. The lowest BCUT2D eigenvalue weighted by Crippen LogP contribution is -1.93. The number of fused-ring (bicyclic) bond motifs is 3. The van der Waals surface area contributed by atoms with E-state index in [1.807, 2.05) is 47.8 Å². The number of thiazole rings is 1. The molecule has 0 atom stereocenters. The zero-order valence-corrected chi connectivity index (χ0v) is 21.2. The van der Waals surface area contributed by atoms with Crippen LogP contribution < -0.4 is 0 Å². The SMILES string of the molecule is c1ccc2sc(-c3cc4onc(-c5ccon5)c4c(-c4nsc5ccccc45)c3-c3ccsn3)nc2c1. The maximum Gasteiger partial charge on any atom is 0.169 e. The summed E-state index contributed by atoms with van der Waals surface area (Å²) in [6, 6.07) is 22.2. The third-order valence-electron chi connectivity index (χ3n) is 6.28. The van der Waals surface area contributed by atoms with Crippen LogP contribution >= 0.6 is 34.4 Å². The molecule has 0 N–H and O–H groups in total. The highest BCUT2D eigenvalue weighted by atomic mass is 32.1. The lowest BCUT2D eigenvalue weighted by Gasteiger charge is -2.13. The van der Waals surface area contributed by atoms with E-state index in [1.165, 1.54) is 29.3 Å². The molecule has 5 aromatic heterocycles. The van der Waals surface area contributed by atoms with Gasteiger partial charge in [-0.2, -0.15) is 8.75 Å². The predicted molar refractivity (Wildman–Crippen MR) is 148 cm³/mol. The van der Waals surface area contributed by atoms with E-state index in [1.54, 1.807) is 17.4 Å². The van der Waals surface area contributed by atoms with Gasteiger partial charge in [0.1, 0.15) is 22.7 Å². The molecule has 0 unspecified atom stereocenters. The molecular weight excluding hydrogens is 523 g/mol. The van der Waals surface area contributed by atoms with E-state index in [9.17, 15) is 0 Å². The van der Waals surface area contributed by atoms with Crippen LogP contribution in [0.15, 0.2) is 87.4 Å². The number of nitrogens with zero attached hydrogens (tertiary/aromatic N) is 5. The Balaban J connectivity index is 1.57. The van der Waals surface area contributed by atoms with Gasteiger partial charge in [-0.1, -0.05) is 40.6 Å². The Morgan fingerprint density at radius 2 is 1.65 bits per heavy atom. The van der Waals surface area contributed by atoms with Crippen molar-refractivity contribution in [2.24, 2.45) is 0 Å². The first-order valence-corrected chi connectivity index (χ1v) is 13.8. The van der Waals surface area contributed by atoms with E-state index in [4.69, 9.17) is 22.8 Å². The minimum Gasteiger partial charge on any atom is -0.364 e. The average molecular weight is 536 g/mol. The molecule has 8 rings (SSSR count). The summed E-state index contributed by atoms with van der Waals surface area (Å²) in [4.78, 5) is 4.99. The maximum absolute atomic E-state index is 5.94. The molecule has 0 aliphatic rings. The quantitative estimate of drug-likeness (QED) is 0.224. The van der Waals surface area contributed by atoms with E-state index < -0.39 is 0 Å². The second-order valence-corrected chi connectivity index (χ2v) is 10.9. The van der Waals surface area contributed by atoms with Crippen molar-refractivity contribution in [3.05, 3.63) is 78.4 Å². The third kappa shape index (κ3) is 3.20. The van der Waals surface area contributed by atoms with Gasteiger partial charge in [0.25, 0.3) is 0 Å². The fourth-order valence-electron chi connectivity index (χ4n) is 4.68. The van der Waals surface area contributed by atoms with Crippen LogP contribution in [-0.4, -0.2) is 24.0 Å². The predicted octanol–water partition coefficient (Wildman–Crippen LogP) is 8.16. The van der Waals surface area contributed by atoms with Gasteiger partial charge in [0.05, 0.1) is 31.7 Å². The molecule has 0 saturated carbocycles. The summed E-state index contributed by atoms with van der Waals surface area (Å²) in [6.07, 6.45) is 1.53. The summed E-state index contributed by atoms with van der Waals surface area (Å²) in [5.74, 6) is 0. The van der Waals surface area contributed by atoms with E-state index in [0.717, 1.165) is 58.8 Å². The van der Waals surface area contributed by atoms with Crippen LogP contribution in [0.3, 0.4) is 0 Å². The largest absolute Gasteiger partial charge is 0.364 e. The Morgan fingerprint density at radius 3 is 2.49 bits per heavy atom. The molecule has 0 spiro atoms. The van der Waals surface area contributed by atoms with Crippen molar-refractivity contribution in [1.82, 2.24) is 24.0 Å². The van der Waals surface area contributed by atoms with Crippen molar-refractivity contribution in [3.63, 3.8) is 0 Å². The number of hydrogen-bond acceptors (Lipinski definition) is 10. The lowest BCUT2D eigenvalue weighted by molar-refractivity contribution is 0.419. The van der Waals surface area contributed by atoms with Gasteiger partial charge in [0, 0.05) is 33.5 Å². The molecule has 0 bridgehead atoms. The number of benzene rings is 3. The van der Waals surface area contributed by atoms with Crippen molar-refractivity contribution in [2.45, 2.75) is 0 Å². The topological polar surface area (TPSA) is 90.7 Å². The van der Waals surface area contributed by atoms with E-state index in [0.29, 0.717) is 17.0 Å². The first-order chi connectivity index (χ1) is 18.3. The van der Waals surface area contributed by atoms with E-state index >= 15 is 0 Å².